The van der Waals surface area contributed by atoms with E-state index in [1.165, 1.54) is 12.8 Å². The van der Waals surface area contributed by atoms with E-state index in [-0.39, 0.29) is 11.5 Å². The van der Waals surface area contributed by atoms with E-state index in [1.54, 1.807) is 0 Å². The molecule has 0 aliphatic rings. The minimum absolute atomic E-state index is 0.208. The highest BCUT2D eigenvalue weighted by atomic mass is 14.7. The summed E-state index contributed by atoms with van der Waals surface area (Å²) in [6, 6.07) is 0.242. The fourth-order valence-electron chi connectivity index (χ4n) is 2.52. The van der Waals surface area contributed by atoms with Crippen molar-refractivity contribution in [2.24, 2.45) is 22.0 Å². The van der Waals surface area contributed by atoms with Crippen molar-refractivity contribution in [1.29, 1.82) is 0 Å². The third kappa shape index (κ3) is 3.48. The van der Waals surface area contributed by atoms with Crippen molar-refractivity contribution < 1.29 is 0 Å². The fraction of sp³-hybridized carbons (Fsp3) is 1.00. The Hall–Kier alpha value is -0.0400. The lowest BCUT2D eigenvalue weighted by Gasteiger charge is -2.50. The van der Waals surface area contributed by atoms with Gasteiger partial charge in [0, 0.05) is 6.04 Å². The van der Waals surface area contributed by atoms with Gasteiger partial charge in [0.25, 0.3) is 0 Å². The number of rotatable bonds is 4. The first-order valence-corrected chi connectivity index (χ1v) is 6.22. The van der Waals surface area contributed by atoms with Crippen LogP contribution in [0.1, 0.15) is 68.2 Å². The van der Waals surface area contributed by atoms with Crippen LogP contribution in [-0.4, -0.2) is 6.04 Å². The van der Waals surface area contributed by atoms with Crippen LogP contribution < -0.4 is 5.73 Å². The van der Waals surface area contributed by atoms with Gasteiger partial charge in [0.2, 0.25) is 0 Å². The Morgan fingerprint density at radius 3 is 1.60 bits per heavy atom. The van der Waals surface area contributed by atoms with Gasteiger partial charge in [-0.1, -0.05) is 54.9 Å². The van der Waals surface area contributed by atoms with Crippen molar-refractivity contribution in [3.05, 3.63) is 0 Å². The Balaban J connectivity index is 5.08. The quantitative estimate of drug-likeness (QED) is 0.743. The van der Waals surface area contributed by atoms with Crippen molar-refractivity contribution >= 4 is 0 Å². The average Bonchev–Trinajstić information content (AvgIpc) is 2.00. The van der Waals surface area contributed by atoms with Gasteiger partial charge in [-0.15, -0.1) is 0 Å². The molecule has 0 amide bonds. The molecule has 1 nitrogen and oxygen atoms in total. The lowest BCUT2D eigenvalue weighted by Crippen LogP contribution is -2.49. The van der Waals surface area contributed by atoms with E-state index in [2.05, 4.69) is 55.4 Å². The van der Waals surface area contributed by atoms with E-state index >= 15 is 0 Å². The third-order valence-corrected chi connectivity index (χ3v) is 4.33. The SMILES string of the molecule is CCC(C)(C)C(C)(CC(C)(C)C)C(C)N. The zero-order chi connectivity index (χ0) is 12.5. The highest BCUT2D eigenvalue weighted by molar-refractivity contribution is 4.96. The van der Waals surface area contributed by atoms with Crippen LogP contribution in [0.2, 0.25) is 0 Å². The Morgan fingerprint density at radius 2 is 1.40 bits per heavy atom. The maximum Gasteiger partial charge on any atom is 0.00696 e. The van der Waals surface area contributed by atoms with Gasteiger partial charge in [0.05, 0.1) is 0 Å². The predicted molar refractivity (Wildman–Crippen MR) is 69.9 cm³/mol. The van der Waals surface area contributed by atoms with E-state index in [1.807, 2.05) is 0 Å². The molecule has 0 bridgehead atoms. The summed E-state index contributed by atoms with van der Waals surface area (Å²) in [6.45, 7) is 18.4. The maximum absolute atomic E-state index is 6.24. The van der Waals surface area contributed by atoms with Crippen LogP contribution in [0.4, 0.5) is 0 Å². The topological polar surface area (TPSA) is 26.0 Å². The Bertz CT molecular complexity index is 198. The van der Waals surface area contributed by atoms with Gasteiger partial charge < -0.3 is 5.73 Å². The standard InChI is InChI=1S/C14H31N/c1-9-13(6,7)14(8,11(2)15)10-12(3,4)5/h11H,9-10,15H2,1-8H3. The molecule has 0 aromatic carbocycles. The maximum atomic E-state index is 6.24. The minimum atomic E-state index is 0.208. The van der Waals surface area contributed by atoms with E-state index in [0.717, 1.165) is 0 Å². The molecular formula is C14H31N. The lowest BCUT2D eigenvalue weighted by molar-refractivity contribution is 0.0160. The van der Waals surface area contributed by atoms with Crippen molar-refractivity contribution in [2.45, 2.75) is 74.3 Å². The van der Waals surface area contributed by atoms with E-state index in [0.29, 0.717) is 10.8 Å². The second kappa shape index (κ2) is 4.45. The fourth-order valence-corrected chi connectivity index (χ4v) is 2.52. The van der Waals surface area contributed by atoms with E-state index in [4.69, 9.17) is 5.73 Å². The summed E-state index contributed by atoms with van der Waals surface area (Å²) in [5.41, 5.74) is 7.09. The summed E-state index contributed by atoms with van der Waals surface area (Å²) in [5, 5.41) is 0. The number of hydrogen-bond acceptors (Lipinski definition) is 1. The monoisotopic (exact) mass is 213 g/mol. The van der Waals surface area contributed by atoms with Gasteiger partial charge in [-0.25, -0.2) is 0 Å². The van der Waals surface area contributed by atoms with Crippen molar-refractivity contribution in [1.82, 2.24) is 0 Å². The summed E-state index contributed by atoms with van der Waals surface area (Å²) in [4.78, 5) is 0. The predicted octanol–water partition coefficient (Wildman–Crippen LogP) is 4.21. The lowest BCUT2D eigenvalue weighted by atomic mass is 9.56. The van der Waals surface area contributed by atoms with Crippen LogP contribution in [0.5, 0.6) is 0 Å². The first kappa shape index (κ1) is 15.0. The van der Waals surface area contributed by atoms with E-state index < -0.39 is 0 Å². The van der Waals surface area contributed by atoms with Crippen molar-refractivity contribution in [3.8, 4) is 0 Å². The molecule has 2 N–H and O–H groups in total. The van der Waals surface area contributed by atoms with Crippen LogP contribution in [0.3, 0.4) is 0 Å². The normalized spacial score (nSPS) is 19.8. The first-order chi connectivity index (χ1) is 6.46. The van der Waals surface area contributed by atoms with Gasteiger partial charge in [-0.3, -0.25) is 0 Å². The summed E-state index contributed by atoms with van der Waals surface area (Å²) in [6.07, 6.45) is 2.36. The minimum Gasteiger partial charge on any atom is -0.327 e. The highest BCUT2D eigenvalue weighted by Crippen LogP contribution is 2.50. The molecule has 1 heteroatoms. The molecule has 0 saturated heterocycles. The molecule has 2 atom stereocenters. The Labute approximate surface area is 96.8 Å². The zero-order valence-electron chi connectivity index (χ0n) is 12.1. The average molecular weight is 213 g/mol. The van der Waals surface area contributed by atoms with Crippen LogP contribution >= 0.6 is 0 Å². The molecule has 0 rings (SSSR count). The van der Waals surface area contributed by atoms with Crippen molar-refractivity contribution in [2.75, 3.05) is 0 Å². The van der Waals surface area contributed by atoms with Gasteiger partial charge in [0.15, 0.2) is 0 Å². The van der Waals surface area contributed by atoms with Crippen LogP contribution in [0, 0.1) is 16.2 Å². The smallest absolute Gasteiger partial charge is 0.00696 e. The molecule has 0 radical (unpaired) electrons. The molecule has 15 heavy (non-hydrogen) atoms. The molecule has 0 aliphatic carbocycles. The third-order valence-electron chi connectivity index (χ3n) is 4.33. The number of hydrogen-bond donors (Lipinski definition) is 1. The molecule has 0 saturated carbocycles. The highest BCUT2D eigenvalue weighted by Gasteiger charge is 2.44. The number of nitrogens with two attached hydrogens (primary N) is 1. The molecule has 0 heterocycles. The van der Waals surface area contributed by atoms with Gasteiger partial charge in [-0.05, 0) is 29.6 Å². The Kier molecular flexibility index (Phi) is 4.44. The van der Waals surface area contributed by atoms with Gasteiger partial charge in [0.1, 0.15) is 0 Å². The van der Waals surface area contributed by atoms with Crippen LogP contribution in [0.25, 0.3) is 0 Å². The summed E-state index contributed by atoms with van der Waals surface area (Å²) in [5.74, 6) is 0. The van der Waals surface area contributed by atoms with E-state index in [9.17, 15) is 0 Å². The summed E-state index contributed by atoms with van der Waals surface area (Å²) < 4.78 is 0. The largest absolute Gasteiger partial charge is 0.327 e. The van der Waals surface area contributed by atoms with Gasteiger partial charge >= 0.3 is 0 Å². The van der Waals surface area contributed by atoms with Crippen molar-refractivity contribution in [3.63, 3.8) is 0 Å². The second-order valence-electron chi connectivity index (χ2n) is 7.18. The molecule has 0 aromatic heterocycles. The van der Waals surface area contributed by atoms with Gasteiger partial charge in [-0.2, -0.15) is 0 Å². The Morgan fingerprint density at radius 1 is 1.00 bits per heavy atom. The molecular weight excluding hydrogens is 182 g/mol. The van der Waals surface area contributed by atoms with Crippen LogP contribution in [0.15, 0.2) is 0 Å². The second-order valence-corrected chi connectivity index (χ2v) is 7.18. The zero-order valence-corrected chi connectivity index (χ0v) is 12.1. The molecule has 92 valence electrons. The molecule has 0 aromatic rings. The molecule has 0 aliphatic heterocycles. The first-order valence-electron chi connectivity index (χ1n) is 6.22. The summed E-state index contributed by atoms with van der Waals surface area (Å²) >= 11 is 0. The van der Waals surface area contributed by atoms with Crippen LogP contribution in [-0.2, 0) is 0 Å². The molecule has 0 fully saturated rings. The summed E-state index contributed by atoms with van der Waals surface area (Å²) in [7, 11) is 0. The molecule has 0 spiro atoms. The molecule has 2 unspecified atom stereocenters.